The van der Waals surface area contributed by atoms with E-state index < -0.39 is 5.54 Å². The van der Waals surface area contributed by atoms with Crippen molar-refractivity contribution in [1.29, 1.82) is 0 Å². The van der Waals surface area contributed by atoms with Crippen molar-refractivity contribution >= 4 is 0 Å². The molecule has 2 atom stereocenters. The van der Waals surface area contributed by atoms with Gasteiger partial charge in [0, 0.05) is 5.54 Å². The van der Waals surface area contributed by atoms with Crippen molar-refractivity contribution in [2.24, 2.45) is 5.73 Å². The monoisotopic (exact) mass is 193 g/mol. The van der Waals surface area contributed by atoms with E-state index in [9.17, 15) is 0 Å². The van der Waals surface area contributed by atoms with Gasteiger partial charge in [0.1, 0.15) is 0 Å². The van der Waals surface area contributed by atoms with Gasteiger partial charge >= 0.3 is 0 Å². The second kappa shape index (κ2) is 4.58. The number of hydrogen-bond acceptors (Lipinski definition) is 2. The van der Waals surface area contributed by atoms with Crippen molar-refractivity contribution in [3.05, 3.63) is 35.9 Å². The second-order valence-electron chi connectivity index (χ2n) is 4.33. The number of nitrogens with two attached hydrogens (primary N) is 1. The third-order valence-electron chi connectivity index (χ3n) is 2.50. The summed E-state index contributed by atoms with van der Waals surface area (Å²) in [5.41, 5.74) is 6.70. The van der Waals surface area contributed by atoms with Gasteiger partial charge in [-0.2, -0.15) is 0 Å². The Hall–Kier alpha value is -0.860. The maximum Gasteiger partial charge on any atom is 0.0608 e. The fraction of sp³-hybridized carbons (Fsp3) is 0.500. The van der Waals surface area contributed by atoms with E-state index in [0.29, 0.717) is 5.92 Å². The molecular formula is C12H19NO. The highest BCUT2D eigenvalue weighted by Gasteiger charge is 2.21. The van der Waals surface area contributed by atoms with Crippen molar-refractivity contribution in [3.8, 4) is 0 Å². The summed E-state index contributed by atoms with van der Waals surface area (Å²) in [6.07, 6.45) is 0.799. The molecule has 0 amide bonds. The highest BCUT2D eigenvalue weighted by Crippen LogP contribution is 2.23. The summed E-state index contributed by atoms with van der Waals surface area (Å²) in [6, 6.07) is 10.2. The Morgan fingerprint density at radius 2 is 1.93 bits per heavy atom. The molecule has 3 N–H and O–H groups in total. The average Bonchev–Trinajstić information content (AvgIpc) is 2.19. The smallest absolute Gasteiger partial charge is 0.0608 e. The van der Waals surface area contributed by atoms with Crippen LogP contribution < -0.4 is 5.73 Å². The van der Waals surface area contributed by atoms with Gasteiger partial charge < -0.3 is 10.8 Å². The number of aliphatic hydroxyl groups excluding tert-OH is 1. The van der Waals surface area contributed by atoms with Crippen molar-refractivity contribution in [2.45, 2.75) is 31.7 Å². The molecule has 14 heavy (non-hydrogen) atoms. The summed E-state index contributed by atoms with van der Waals surface area (Å²) < 4.78 is 0. The molecule has 2 unspecified atom stereocenters. The molecular weight excluding hydrogens is 174 g/mol. The van der Waals surface area contributed by atoms with Crippen LogP contribution in [-0.4, -0.2) is 17.3 Å². The molecule has 78 valence electrons. The molecule has 0 bridgehead atoms. The van der Waals surface area contributed by atoms with Crippen LogP contribution in [0.4, 0.5) is 0 Å². The summed E-state index contributed by atoms with van der Waals surface area (Å²) in [4.78, 5) is 0. The molecule has 0 aliphatic rings. The highest BCUT2D eigenvalue weighted by atomic mass is 16.3. The zero-order valence-corrected chi connectivity index (χ0v) is 8.90. The first kappa shape index (κ1) is 11.2. The molecule has 0 aliphatic heterocycles. The number of rotatable bonds is 4. The van der Waals surface area contributed by atoms with Crippen LogP contribution in [0.5, 0.6) is 0 Å². The molecule has 0 saturated carbocycles. The largest absolute Gasteiger partial charge is 0.394 e. The van der Waals surface area contributed by atoms with Crippen LogP contribution in [0.2, 0.25) is 0 Å². The predicted molar refractivity (Wildman–Crippen MR) is 59.2 cm³/mol. The molecule has 0 saturated heterocycles. The van der Waals surface area contributed by atoms with E-state index in [4.69, 9.17) is 10.8 Å². The van der Waals surface area contributed by atoms with Crippen LogP contribution in [0, 0.1) is 0 Å². The third-order valence-corrected chi connectivity index (χ3v) is 2.50. The van der Waals surface area contributed by atoms with E-state index in [0.717, 1.165) is 6.42 Å². The Labute approximate surface area is 85.8 Å². The van der Waals surface area contributed by atoms with Gasteiger partial charge in [-0.3, -0.25) is 0 Å². The summed E-state index contributed by atoms with van der Waals surface area (Å²) in [5.74, 6) is 0.387. The van der Waals surface area contributed by atoms with Crippen molar-refractivity contribution < 1.29 is 5.11 Å². The van der Waals surface area contributed by atoms with Gasteiger partial charge in [0.05, 0.1) is 6.61 Å². The number of hydrogen-bond donors (Lipinski definition) is 2. The van der Waals surface area contributed by atoms with Crippen LogP contribution in [-0.2, 0) is 0 Å². The van der Waals surface area contributed by atoms with Crippen LogP contribution in [0.15, 0.2) is 30.3 Å². The summed E-state index contributed by atoms with van der Waals surface area (Å²) in [7, 11) is 0. The molecule has 0 heterocycles. The minimum Gasteiger partial charge on any atom is -0.394 e. The van der Waals surface area contributed by atoms with E-state index in [1.165, 1.54) is 5.56 Å². The molecule has 0 radical (unpaired) electrons. The molecule has 0 aromatic heterocycles. The van der Waals surface area contributed by atoms with Gasteiger partial charge in [0.25, 0.3) is 0 Å². The predicted octanol–water partition coefficient (Wildman–Crippen LogP) is 1.89. The van der Waals surface area contributed by atoms with Crippen LogP contribution in [0.1, 0.15) is 31.7 Å². The zero-order valence-electron chi connectivity index (χ0n) is 8.90. The molecule has 2 nitrogen and oxygen atoms in total. The topological polar surface area (TPSA) is 46.2 Å². The quantitative estimate of drug-likeness (QED) is 0.767. The number of benzene rings is 1. The molecule has 1 aromatic carbocycles. The Balaban J connectivity index is 2.64. The Morgan fingerprint density at radius 3 is 2.43 bits per heavy atom. The molecule has 0 spiro atoms. The first-order valence-corrected chi connectivity index (χ1v) is 5.00. The first-order chi connectivity index (χ1) is 6.55. The standard InChI is InChI=1S/C12H19NO/c1-10(8-12(2,13)9-14)11-6-4-3-5-7-11/h3-7,10,14H,8-9,13H2,1-2H3. The summed E-state index contributed by atoms with van der Waals surface area (Å²) >= 11 is 0. The van der Waals surface area contributed by atoms with E-state index >= 15 is 0 Å². The number of aliphatic hydroxyl groups is 1. The third kappa shape index (κ3) is 3.13. The molecule has 1 aromatic rings. The highest BCUT2D eigenvalue weighted by molar-refractivity contribution is 5.19. The fourth-order valence-corrected chi connectivity index (χ4v) is 1.66. The van der Waals surface area contributed by atoms with E-state index in [2.05, 4.69) is 19.1 Å². The van der Waals surface area contributed by atoms with E-state index in [1.54, 1.807) is 0 Å². The lowest BCUT2D eigenvalue weighted by molar-refractivity contribution is 0.194. The normalized spacial score (nSPS) is 17.4. The fourth-order valence-electron chi connectivity index (χ4n) is 1.66. The van der Waals surface area contributed by atoms with E-state index in [1.807, 2.05) is 25.1 Å². The lowest BCUT2D eigenvalue weighted by atomic mass is 9.87. The van der Waals surface area contributed by atoms with Gasteiger partial charge in [0.2, 0.25) is 0 Å². The first-order valence-electron chi connectivity index (χ1n) is 5.00. The van der Waals surface area contributed by atoms with Gasteiger partial charge in [-0.1, -0.05) is 37.3 Å². The zero-order chi connectivity index (χ0) is 10.6. The molecule has 0 fully saturated rings. The molecule has 0 aliphatic carbocycles. The maximum absolute atomic E-state index is 9.06. The lowest BCUT2D eigenvalue weighted by Crippen LogP contribution is -2.41. The average molecular weight is 193 g/mol. The van der Waals surface area contributed by atoms with Crippen molar-refractivity contribution in [1.82, 2.24) is 0 Å². The van der Waals surface area contributed by atoms with Crippen LogP contribution in [0.3, 0.4) is 0 Å². The van der Waals surface area contributed by atoms with Gasteiger partial charge in [-0.15, -0.1) is 0 Å². The van der Waals surface area contributed by atoms with Gasteiger partial charge in [0.15, 0.2) is 0 Å². The molecule has 2 heteroatoms. The maximum atomic E-state index is 9.06. The summed E-state index contributed by atoms with van der Waals surface area (Å²) in [6.45, 7) is 4.05. The Bertz CT molecular complexity index is 269. The van der Waals surface area contributed by atoms with E-state index in [-0.39, 0.29) is 6.61 Å². The van der Waals surface area contributed by atoms with Crippen molar-refractivity contribution in [3.63, 3.8) is 0 Å². The Kier molecular flexibility index (Phi) is 3.67. The minimum absolute atomic E-state index is 0.0319. The second-order valence-corrected chi connectivity index (χ2v) is 4.33. The van der Waals surface area contributed by atoms with Crippen LogP contribution in [0.25, 0.3) is 0 Å². The van der Waals surface area contributed by atoms with Gasteiger partial charge in [-0.05, 0) is 24.8 Å². The van der Waals surface area contributed by atoms with Crippen LogP contribution >= 0.6 is 0 Å². The minimum atomic E-state index is -0.477. The van der Waals surface area contributed by atoms with Gasteiger partial charge in [-0.25, -0.2) is 0 Å². The lowest BCUT2D eigenvalue weighted by Gasteiger charge is -2.25. The summed E-state index contributed by atoms with van der Waals surface area (Å²) in [5, 5.41) is 9.06. The molecule has 1 rings (SSSR count). The van der Waals surface area contributed by atoms with Crippen molar-refractivity contribution in [2.75, 3.05) is 6.61 Å². The SMILES string of the molecule is CC(CC(C)(N)CO)c1ccccc1. The Morgan fingerprint density at radius 1 is 1.36 bits per heavy atom.